The smallest absolute Gasteiger partial charge is 0.256 e. The minimum absolute atomic E-state index is 0.0491. The Balaban J connectivity index is 3.52. The van der Waals surface area contributed by atoms with E-state index in [1.807, 2.05) is 6.92 Å². The van der Waals surface area contributed by atoms with Crippen LogP contribution >= 0.6 is 12.2 Å². The molecule has 4 nitrogen and oxygen atoms in total. The molecule has 0 bridgehead atoms. The van der Waals surface area contributed by atoms with Gasteiger partial charge in [-0.15, -0.1) is 0 Å². The van der Waals surface area contributed by atoms with Crippen LogP contribution in [0.2, 0.25) is 0 Å². The van der Waals surface area contributed by atoms with Gasteiger partial charge in [-0.1, -0.05) is 0 Å². The van der Waals surface area contributed by atoms with Crippen molar-refractivity contribution in [3.8, 4) is 0 Å². The molecular formula is C7H14N2O2S. The maximum absolute atomic E-state index is 10.5. The highest BCUT2D eigenvalue weighted by Crippen LogP contribution is 1.81. The molecule has 2 N–H and O–H groups in total. The molecule has 5 heteroatoms. The minimum atomic E-state index is -0.0491. The van der Waals surface area contributed by atoms with Crippen LogP contribution in [0.4, 0.5) is 0 Å². The van der Waals surface area contributed by atoms with Crippen molar-refractivity contribution in [3.05, 3.63) is 0 Å². The molecule has 12 heavy (non-hydrogen) atoms. The van der Waals surface area contributed by atoms with Crippen LogP contribution in [0.1, 0.15) is 13.8 Å². The highest BCUT2D eigenvalue weighted by atomic mass is 32.1. The van der Waals surface area contributed by atoms with Crippen molar-refractivity contribution >= 4 is 23.3 Å². The summed E-state index contributed by atoms with van der Waals surface area (Å²) < 4.78 is 4.74. The van der Waals surface area contributed by atoms with Gasteiger partial charge in [-0.05, 0) is 19.1 Å². The van der Waals surface area contributed by atoms with Crippen LogP contribution in [0.15, 0.2) is 0 Å². The number of methoxy groups -OCH3 is 1. The second kappa shape index (κ2) is 5.77. The van der Waals surface area contributed by atoms with Gasteiger partial charge in [0.05, 0.1) is 7.11 Å². The first-order chi connectivity index (χ1) is 5.56. The summed E-state index contributed by atoms with van der Waals surface area (Å²) in [7, 11) is 1.50. The Bertz CT molecular complexity index is 173. The van der Waals surface area contributed by atoms with Gasteiger partial charge in [0.2, 0.25) is 5.91 Å². The van der Waals surface area contributed by atoms with Crippen LogP contribution in [-0.4, -0.2) is 30.8 Å². The third kappa shape index (κ3) is 5.91. The summed E-state index contributed by atoms with van der Waals surface area (Å²) in [5.41, 5.74) is 0. The van der Waals surface area contributed by atoms with Gasteiger partial charge >= 0.3 is 0 Å². The van der Waals surface area contributed by atoms with Crippen LogP contribution in [0.3, 0.4) is 0 Å². The largest absolute Gasteiger partial charge is 0.474 e. The Kier molecular flexibility index (Phi) is 5.36. The van der Waals surface area contributed by atoms with E-state index in [9.17, 15) is 4.79 Å². The monoisotopic (exact) mass is 190 g/mol. The average Bonchev–Trinajstić information content (AvgIpc) is 2.00. The number of rotatable bonds is 3. The maximum atomic E-state index is 10.5. The van der Waals surface area contributed by atoms with Crippen LogP contribution in [0.25, 0.3) is 0 Å². The first-order valence-corrected chi connectivity index (χ1v) is 4.06. The number of nitrogens with one attached hydrogen (secondary N) is 2. The molecule has 0 saturated carbocycles. The van der Waals surface area contributed by atoms with Gasteiger partial charge < -0.3 is 15.4 Å². The Morgan fingerprint density at radius 3 is 2.67 bits per heavy atom. The van der Waals surface area contributed by atoms with Gasteiger partial charge in [-0.3, -0.25) is 4.79 Å². The van der Waals surface area contributed by atoms with Crippen molar-refractivity contribution < 1.29 is 9.53 Å². The maximum Gasteiger partial charge on any atom is 0.256 e. The standard InChI is InChI=1S/C7H14N2O2S/c1-5(4-8-6(2)10)9-7(12)11-3/h5H,4H2,1-3H3,(H,8,10)(H,9,12). The summed E-state index contributed by atoms with van der Waals surface area (Å²) in [6.07, 6.45) is 0. The van der Waals surface area contributed by atoms with Crippen molar-refractivity contribution in [2.24, 2.45) is 0 Å². The van der Waals surface area contributed by atoms with Gasteiger partial charge in [0.25, 0.3) is 5.17 Å². The van der Waals surface area contributed by atoms with Crippen LogP contribution < -0.4 is 10.6 Å². The average molecular weight is 190 g/mol. The number of hydrogen-bond acceptors (Lipinski definition) is 3. The lowest BCUT2D eigenvalue weighted by Gasteiger charge is -2.14. The molecular weight excluding hydrogens is 176 g/mol. The van der Waals surface area contributed by atoms with E-state index in [0.717, 1.165) is 0 Å². The summed E-state index contributed by atoms with van der Waals surface area (Å²) in [5, 5.41) is 5.88. The quantitative estimate of drug-likeness (QED) is 0.617. The normalized spacial score (nSPS) is 11.6. The number of carbonyl (C=O) groups is 1. The molecule has 0 saturated heterocycles. The highest BCUT2D eigenvalue weighted by Gasteiger charge is 2.03. The van der Waals surface area contributed by atoms with Crippen molar-refractivity contribution in [2.75, 3.05) is 13.7 Å². The number of ether oxygens (including phenoxy) is 1. The summed E-state index contributed by atoms with van der Waals surface area (Å²) in [5.74, 6) is -0.0491. The third-order valence-electron chi connectivity index (χ3n) is 1.21. The molecule has 0 aromatic heterocycles. The fourth-order valence-corrected chi connectivity index (χ4v) is 0.809. The van der Waals surface area contributed by atoms with E-state index in [0.29, 0.717) is 11.7 Å². The number of amides is 1. The van der Waals surface area contributed by atoms with E-state index in [2.05, 4.69) is 10.6 Å². The molecule has 0 fully saturated rings. The lowest BCUT2D eigenvalue weighted by atomic mass is 10.3. The number of thiocarbonyl (C=S) groups is 1. The summed E-state index contributed by atoms with van der Waals surface area (Å²) >= 11 is 4.77. The molecule has 0 aromatic carbocycles. The Morgan fingerprint density at radius 1 is 1.67 bits per heavy atom. The molecule has 0 rings (SSSR count). The molecule has 70 valence electrons. The molecule has 0 heterocycles. The van der Waals surface area contributed by atoms with Crippen molar-refractivity contribution in [1.82, 2.24) is 10.6 Å². The molecule has 0 radical (unpaired) electrons. The first kappa shape index (κ1) is 11.2. The number of hydrogen-bond donors (Lipinski definition) is 2. The summed E-state index contributed by atoms with van der Waals surface area (Å²) in [6, 6.07) is 0.0846. The van der Waals surface area contributed by atoms with Gasteiger partial charge in [0.15, 0.2) is 0 Å². The zero-order valence-electron chi connectivity index (χ0n) is 7.51. The molecule has 0 aliphatic rings. The van der Waals surface area contributed by atoms with Gasteiger partial charge in [0, 0.05) is 19.5 Å². The Labute approximate surface area is 77.7 Å². The predicted molar refractivity (Wildman–Crippen MR) is 50.9 cm³/mol. The predicted octanol–water partition coefficient (Wildman–Crippen LogP) is 0.0319. The molecule has 1 unspecified atom stereocenters. The SMILES string of the molecule is COC(=S)NC(C)CNC(C)=O. The summed E-state index contributed by atoms with van der Waals surface area (Å²) in [6.45, 7) is 3.92. The van der Waals surface area contributed by atoms with E-state index >= 15 is 0 Å². The van der Waals surface area contributed by atoms with Crippen LogP contribution in [0.5, 0.6) is 0 Å². The fourth-order valence-electron chi connectivity index (χ4n) is 0.608. The van der Waals surface area contributed by atoms with E-state index in [4.69, 9.17) is 17.0 Å². The fraction of sp³-hybridized carbons (Fsp3) is 0.714. The van der Waals surface area contributed by atoms with Gasteiger partial charge in [-0.25, -0.2) is 0 Å². The van der Waals surface area contributed by atoms with E-state index in [-0.39, 0.29) is 11.9 Å². The second-order valence-electron chi connectivity index (χ2n) is 2.47. The Morgan fingerprint density at radius 2 is 2.25 bits per heavy atom. The molecule has 0 spiro atoms. The molecule has 1 amide bonds. The lowest BCUT2D eigenvalue weighted by molar-refractivity contribution is -0.119. The minimum Gasteiger partial charge on any atom is -0.474 e. The van der Waals surface area contributed by atoms with E-state index in [1.54, 1.807) is 0 Å². The summed E-state index contributed by atoms with van der Waals surface area (Å²) in [4.78, 5) is 10.5. The van der Waals surface area contributed by atoms with E-state index in [1.165, 1.54) is 14.0 Å². The lowest BCUT2D eigenvalue weighted by Crippen LogP contribution is -2.41. The molecule has 0 aliphatic heterocycles. The zero-order valence-corrected chi connectivity index (χ0v) is 8.33. The molecule has 1 atom stereocenters. The molecule has 0 aliphatic carbocycles. The van der Waals surface area contributed by atoms with Crippen molar-refractivity contribution in [2.45, 2.75) is 19.9 Å². The van der Waals surface area contributed by atoms with Crippen LogP contribution in [0, 0.1) is 0 Å². The van der Waals surface area contributed by atoms with Crippen molar-refractivity contribution in [1.29, 1.82) is 0 Å². The Hall–Kier alpha value is -0.840. The molecule has 0 aromatic rings. The van der Waals surface area contributed by atoms with E-state index < -0.39 is 0 Å². The zero-order chi connectivity index (χ0) is 9.56. The van der Waals surface area contributed by atoms with Gasteiger partial charge in [0.1, 0.15) is 0 Å². The third-order valence-corrected chi connectivity index (χ3v) is 1.49. The topological polar surface area (TPSA) is 50.4 Å². The van der Waals surface area contributed by atoms with Gasteiger partial charge in [-0.2, -0.15) is 0 Å². The van der Waals surface area contributed by atoms with Crippen molar-refractivity contribution in [3.63, 3.8) is 0 Å². The number of carbonyl (C=O) groups excluding carboxylic acids is 1. The first-order valence-electron chi connectivity index (χ1n) is 3.65. The second-order valence-corrected chi connectivity index (χ2v) is 2.84. The van der Waals surface area contributed by atoms with Crippen LogP contribution in [-0.2, 0) is 9.53 Å². The highest BCUT2D eigenvalue weighted by molar-refractivity contribution is 7.80.